The van der Waals surface area contributed by atoms with Gasteiger partial charge in [0.2, 0.25) is 5.95 Å². The predicted molar refractivity (Wildman–Crippen MR) is 74.9 cm³/mol. The van der Waals surface area contributed by atoms with Crippen LogP contribution in [0, 0.1) is 6.92 Å². The Hall–Kier alpha value is -1.16. The van der Waals surface area contributed by atoms with E-state index in [0.29, 0.717) is 6.04 Å². The molecule has 100 valence electrons. The second kappa shape index (κ2) is 6.69. The number of piperidine rings is 1. The van der Waals surface area contributed by atoms with Crippen LogP contribution in [0.5, 0.6) is 0 Å². The van der Waals surface area contributed by atoms with Crippen LogP contribution < -0.4 is 10.2 Å². The Balaban J connectivity index is 2.00. The van der Waals surface area contributed by atoms with Gasteiger partial charge in [0.25, 0.3) is 0 Å². The van der Waals surface area contributed by atoms with E-state index in [1.807, 2.05) is 19.3 Å². The van der Waals surface area contributed by atoms with E-state index in [9.17, 15) is 0 Å². The average Bonchev–Trinajstić information content (AvgIpc) is 2.41. The fourth-order valence-electron chi connectivity index (χ4n) is 2.46. The Bertz CT molecular complexity index is 349. The molecule has 2 rings (SSSR count). The predicted octanol–water partition coefficient (Wildman–Crippen LogP) is 2.14. The van der Waals surface area contributed by atoms with Crippen LogP contribution in [-0.2, 0) is 0 Å². The molecule has 0 spiro atoms. The summed E-state index contributed by atoms with van der Waals surface area (Å²) in [6.07, 6.45) is 8.82. The van der Waals surface area contributed by atoms with Gasteiger partial charge in [0.05, 0.1) is 0 Å². The van der Waals surface area contributed by atoms with Crippen molar-refractivity contribution in [2.24, 2.45) is 0 Å². The number of aryl methyl sites for hydroxylation is 1. The second-order valence-corrected chi connectivity index (χ2v) is 5.11. The van der Waals surface area contributed by atoms with Gasteiger partial charge >= 0.3 is 0 Å². The highest BCUT2D eigenvalue weighted by molar-refractivity contribution is 5.32. The summed E-state index contributed by atoms with van der Waals surface area (Å²) < 4.78 is 0. The van der Waals surface area contributed by atoms with Gasteiger partial charge in [0, 0.05) is 31.5 Å². The number of hydrogen-bond donors (Lipinski definition) is 1. The maximum Gasteiger partial charge on any atom is 0.225 e. The molecule has 1 aliphatic rings. The topological polar surface area (TPSA) is 41.0 Å². The van der Waals surface area contributed by atoms with Gasteiger partial charge in [-0.05, 0) is 44.7 Å². The molecule has 2 heterocycles. The Kier molecular flexibility index (Phi) is 4.93. The number of anilines is 1. The van der Waals surface area contributed by atoms with Gasteiger partial charge in [-0.15, -0.1) is 0 Å². The van der Waals surface area contributed by atoms with Crippen molar-refractivity contribution in [2.45, 2.75) is 45.6 Å². The molecule has 1 saturated heterocycles. The highest BCUT2D eigenvalue weighted by Crippen LogP contribution is 2.21. The van der Waals surface area contributed by atoms with E-state index in [0.717, 1.165) is 31.1 Å². The molecular weight excluding hydrogens is 224 g/mol. The summed E-state index contributed by atoms with van der Waals surface area (Å²) in [5.74, 6) is 0.892. The molecule has 1 N–H and O–H groups in total. The van der Waals surface area contributed by atoms with E-state index in [1.54, 1.807) is 0 Å². The number of rotatable bonds is 5. The lowest BCUT2D eigenvalue weighted by Gasteiger charge is -2.36. The molecule has 1 atom stereocenters. The van der Waals surface area contributed by atoms with Gasteiger partial charge in [-0.1, -0.05) is 6.92 Å². The van der Waals surface area contributed by atoms with E-state index < -0.39 is 0 Å². The number of nitrogens with one attached hydrogen (secondary N) is 1. The lowest BCUT2D eigenvalue weighted by Crippen LogP contribution is -2.46. The van der Waals surface area contributed by atoms with Crippen LogP contribution in [0.1, 0.15) is 38.2 Å². The molecule has 4 heteroatoms. The molecule has 18 heavy (non-hydrogen) atoms. The minimum atomic E-state index is 0.549. The normalized spacial score (nSPS) is 20.1. The molecule has 0 aliphatic carbocycles. The van der Waals surface area contributed by atoms with Gasteiger partial charge in [-0.25, -0.2) is 9.97 Å². The summed E-state index contributed by atoms with van der Waals surface area (Å²) in [5.41, 5.74) is 1.12. The summed E-state index contributed by atoms with van der Waals surface area (Å²) in [7, 11) is 0. The molecule has 0 aromatic carbocycles. The maximum absolute atomic E-state index is 4.47. The number of aromatic nitrogens is 2. The summed E-state index contributed by atoms with van der Waals surface area (Å²) in [4.78, 5) is 11.3. The highest BCUT2D eigenvalue weighted by Gasteiger charge is 2.23. The fourth-order valence-corrected chi connectivity index (χ4v) is 2.46. The largest absolute Gasteiger partial charge is 0.337 e. The monoisotopic (exact) mass is 248 g/mol. The lowest BCUT2D eigenvalue weighted by atomic mass is 10.0. The Labute approximate surface area is 110 Å². The molecule has 0 bridgehead atoms. The SMILES string of the molecule is CCCNCC1CCCCN1c1ncc(C)cn1. The van der Waals surface area contributed by atoms with E-state index in [4.69, 9.17) is 0 Å². The van der Waals surface area contributed by atoms with Gasteiger partial charge in [-0.2, -0.15) is 0 Å². The molecule has 0 saturated carbocycles. The molecular formula is C14H24N4. The maximum atomic E-state index is 4.47. The van der Waals surface area contributed by atoms with Crippen molar-refractivity contribution in [2.75, 3.05) is 24.5 Å². The van der Waals surface area contributed by atoms with Gasteiger partial charge in [-0.3, -0.25) is 0 Å². The minimum absolute atomic E-state index is 0.549. The third-order valence-corrected chi connectivity index (χ3v) is 3.46. The van der Waals surface area contributed by atoms with Gasteiger partial charge in [0.15, 0.2) is 0 Å². The molecule has 1 aromatic heterocycles. The molecule has 1 unspecified atom stereocenters. The van der Waals surface area contributed by atoms with Crippen molar-refractivity contribution in [1.29, 1.82) is 0 Å². The first-order valence-electron chi connectivity index (χ1n) is 7.07. The van der Waals surface area contributed by atoms with E-state index in [-0.39, 0.29) is 0 Å². The summed E-state index contributed by atoms with van der Waals surface area (Å²) in [6.45, 7) is 7.46. The lowest BCUT2D eigenvalue weighted by molar-refractivity contribution is 0.430. The fraction of sp³-hybridized carbons (Fsp3) is 0.714. The molecule has 0 amide bonds. The van der Waals surface area contributed by atoms with Crippen LogP contribution in [0.15, 0.2) is 12.4 Å². The van der Waals surface area contributed by atoms with Crippen LogP contribution in [0.3, 0.4) is 0 Å². The van der Waals surface area contributed by atoms with Gasteiger partial charge in [0.1, 0.15) is 0 Å². The van der Waals surface area contributed by atoms with E-state index >= 15 is 0 Å². The molecule has 0 radical (unpaired) electrons. The zero-order valence-electron chi connectivity index (χ0n) is 11.5. The number of nitrogens with zero attached hydrogens (tertiary/aromatic N) is 3. The molecule has 4 nitrogen and oxygen atoms in total. The third-order valence-electron chi connectivity index (χ3n) is 3.46. The highest BCUT2D eigenvalue weighted by atomic mass is 15.3. The Morgan fingerprint density at radius 3 is 2.83 bits per heavy atom. The smallest absolute Gasteiger partial charge is 0.225 e. The first-order valence-corrected chi connectivity index (χ1v) is 7.07. The zero-order chi connectivity index (χ0) is 12.8. The second-order valence-electron chi connectivity index (χ2n) is 5.11. The minimum Gasteiger partial charge on any atom is -0.337 e. The molecule has 1 aliphatic heterocycles. The van der Waals surface area contributed by atoms with Crippen molar-refractivity contribution >= 4 is 5.95 Å². The van der Waals surface area contributed by atoms with Crippen LogP contribution in [-0.4, -0.2) is 35.6 Å². The van der Waals surface area contributed by atoms with E-state index in [2.05, 4.69) is 27.1 Å². The zero-order valence-corrected chi connectivity index (χ0v) is 11.5. The van der Waals surface area contributed by atoms with Crippen molar-refractivity contribution in [3.8, 4) is 0 Å². The standard InChI is InChI=1S/C14H24N4/c1-3-7-15-11-13-6-4-5-8-18(13)14-16-9-12(2)10-17-14/h9-10,13,15H,3-8,11H2,1-2H3. The van der Waals surface area contributed by atoms with Gasteiger partial charge < -0.3 is 10.2 Å². The summed E-state index contributed by atoms with van der Waals surface area (Å²) in [5, 5.41) is 3.52. The van der Waals surface area contributed by atoms with Crippen LogP contribution in [0.2, 0.25) is 0 Å². The third kappa shape index (κ3) is 3.42. The van der Waals surface area contributed by atoms with Crippen LogP contribution in [0.4, 0.5) is 5.95 Å². The quantitative estimate of drug-likeness (QED) is 0.811. The molecule has 1 aromatic rings. The first-order chi connectivity index (χ1) is 8.81. The Morgan fingerprint density at radius 1 is 1.33 bits per heavy atom. The average molecular weight is 248 g/mol. The van der Waals surface area contributed by atoms with Crippen molar-refractivity contribution < 1.29 is 0 Å². The van der Waals surface area contributed by atoms with Crippen molar-refractivity contribution in [1.82, 2.24) is 15.3 Å². The first kappa shape index (κ1) is 13.3. The number of hydrogen-bond acceptors (Lipinski definition) is 4. The van der Waals surface area contributed by atoms with E-state index in [1.165, 1.54) is 25.7 Å². The van der Waals surface area contributed by atoms with Crippen LogP contribution >= 0.6 is 0 Å². The Morgan fingerprint density at radius 2 is 2.11 bits per heavy atom. The summed E-state index contributed by atoms with van der Waals surface area (Å²) in [6, 6.07) is 0.549. The molecule has 1 fully saturated rings. The summed E-state index contributed by atoms with van der Waals surface area (Å²) >= 11 is 0. The van der Waals surface area contributed by atoms with Crippen molar-refractivity contribution in [3.63, 3.8) is 0 Å². The van der Waals surface area contributed by atoms with Crippen molar-refractivity contribution in [3.05, 3.63) is 18.0 Å². The van der Waals surface area contributed by atoms with Crippen LogP contribution in [0.25, 0.3) is 0 Å².